The van der Waals surface area contributed by atoms with Crippen LogP contribution in [0.2, 0.25) is 0 Å². The largest absolute Gasteiger partial charge is 0.392 e. The van der Waals surface area contributed by atoms with Crippen molar-refractivity contribution < 1.29 is 0 Å². The molecule has 0 aliphatic heterocycles. The fourth-order valence-electron chi connectivity index (χ4n) is 2.15. The zero-order valence-electron chi connectivity index (χ0n) is 8.46. The maximum atomic E-state index is 5.58. The van der Waals surface area contributed by atoms with E-state index in [2.05, 4.69) is 11.8 Å². The van der Waals surface area contributed by atoms with Crippen LogP contribution in [0.25, 0.3) is 0 Å². The second-order valence-corrected chi connectivity index (χ2v) is 4.40. The standard InChI is InChI=1S/C10H20N2S/c1-2-7-12(8-10(11)13)9-5-3-4-6-9/h9H,2-8H2,1H3,(H2,11,13). The van der Waals surface area contributed by atoms with Crippen molar-refractivity contribution >= 4 is 17.2 Å². The summed E-state index contributed by atoms with van der Waals surface area (Å²) in [5, 5.41) is 0. The van der Waals surface area contributed by atoms with Crippen molar-refractivity contribution in [2.45, 2.75) is 45.1 Å². The van der Waals surface area contributed by atoms with E-state index < -0.39 is 0 Å². The number of hydrogen-bond donors (Lipinski definition) is 1. The van der Waals surface area contributed by atoms with Gasteiger partial charge >= 0.3 is 0 Å². The van der Waals surface area contributed by atoms with Crippen LogP contribution >= 0.6 is 12.2 Å². The average Bonchev–Trinajstić information content (AvgIpc) is 2.54. The van der Waals surface area contributed by atoms with Gasteiger partial charge < -0.3 is 5.73 Å². The molecule has 0 saturated heterocycles. The minimum Gasteiger partial charge on any atom is -0.392 e. The Morgan fingerprint density at radius 2 is 2.08 bits per heavy atom. The molecule has 0 radical (unpaired) electrons. The minimum absolute atomic E-state index is 0.639. The highest BCUT2D eigenvalue weighted by molar-refractivity contribution is 7.80. The lowest BCUT2D eigenvalue weighted by Crippen LogP contribution is -2.39. The van der Waals surface area contributed by atoms with Gasteiger partial charge in [0, 0.05) is 12.6 Å². The van der Waals surface area contributed by atoms with Crippen molar-refractivity contribution in [3.05, 3.63) is 0 Å². The summed E-state index contributed by atoms with van der Waals surface area (Å²) in [4.78, 5) is 3.09. The summed E-state index contributed by atoms with van der Waals surface area (Å²) in [6.45, 7) is 4.16. The van der Waals surface area contributed by atoms with Crippen LogP contribution in [-0.2, 0) is 0 Å². The Labute approximate surface area is 86.5 Å². The van der Waals surface area contributed by atoms with Crippen LogP contribution in [0, 0.1) is 0 Å². The van der Waals surface area contributed by atoms with Crippen molar-refractivity contribution in [3.8, 4) is 0 Å². The van der Waals surface area contributed by atoms with E-state index in [0.717, 1.165) is 19.1 Å². The Morgan fingerprint density at radius 1 is 1.46 bits per heavy atom. The van der Waals surface area contributed by atoms with E-state index in [1.54, 1.807) is 0 Å². The first kappa shape index (κ1) is 10.9. The van der Waals surface area contributed by atoms with Gasteiger partial charge in [-0.05, 0) is 25.8 Å². The smallest absolute Gasteiger partial charge is 0.0870 e. The summed E-state index contributed by atoms with van der Waals surface area (Å²) in [7, 11) is 0. The van der Waals surface area contributed by atoms with Gasteiger partial charge in [-0.15, -0.1) is 0 Å². The van der Waals surface area contributed by atoms with Crippen LogP contribution < -0.4 is 5.73 Å². The average molecular weight is 200 g/mol. The molecule has 1 rings (SSSR count). The SMILES string of the molecule is CCCN(CC(N)=S)C1CCCC1. The maximum absolute atomic E-state index is 5.58. The van der Waals surface area contributed by atoms with Crippen molar-refractivity contribution in [1.82, 2.24) is 4.90 Å². The first-order chi connectivity index (χ1) is 6.24. The maximum Gasteiger partial charge on any atom is 0.0870 e. The molecular weight excluding hydrogens is 180 g/mol. The zero-order chi connectivity index (χ0) is 9.68. The molecule has 0 atom stereocenters. The molecule has 3 heteroatoms. The fraction of sp³-hybridized carbons (Fsp3) is 0.900. The Balaban J connectivity index is 2.39. The van der Waals surface area contributed by atoms with E-state index >= 15 is 0 Å². The van der Waals surface area contributed by atoms with Crippen molar-refractivity contribution in [3.63, 3.8) is 0 Å². The molecule has 76 valence electrons. The molecule has 0 spiro atoms. The van der Waals surface area contributed by atoms with Gasteiger partial charge in [-0.2, -0.15) is 0 Å². The lowest BCUT2D eigenvalue weighted by molar-refractivity contribution is 0.228. The second-order valence-electron chi connectivity index (χ2n) is 3.88. The lowest BCUT2D eigenvalue weighted by atomic mass is 10.2. The van der Waals surface area contributed by atoms with Crippen LogP contribution in [-0.4, -0.2) is 29.0 Å². The lowest BCUT2D eigenvalue weighted by Gasteiger charge is -2.27. The molecule has 0 bridgehead atoms. The normalized spacial score (nSPS) is 18.3. The Kier molecular flexibility index (Phi) is 4.67. The Hall–Kier alpha value is -0.150. The summed E-state index contributed by atoms with van der Waals surface area (Å²) in [5.41, 5.74) is 5.58. The van der Waals surface area contributed by atoms with Crippen LogP contribution in [0.15, 0.2) is 0 Å². The highest BCUT2D eigenvalue weighted by atomic mass is 32.1. The minimum atomic E-state index is 0.639. The molecule has 0 amide bonds. The molecule has 1 fully saturated rings. The number of nitrogens with zero attached hydrogens (tertiary/aromatic N) is 1. The highest BCUT2D eigenvalue weighted by Crippen LogP contribution is 2.23. The molecule has 1 aliphatic rings. The fourth-order valence-corrected chi connectivity index (χ4v) is 2.31. The van der Waals surface area contributed by atoms with Gasteiger partial charge in [-0.25, -0.2) is 0 Å². The summed E-state index contributed by atoms with van der Waals surface area (Å²) in [5.74, 6) is 0. The van der Waals surface area contributed by atoms with E-state index in [1.165, 1.54) is 32.1 Å². The van der Waals surface area contributed by atoms with Crippen LogP contribution in [0.3, 0.4) is 0 Å². The van der Waals surface area contributed by atoms with Gasteiger partial charge in [-0.1, -0.05) is 32.0 Å². The molecule has 2 nitrogen and oxygen atoms in total. The van der Waals surface area contributed by atoms with Gasteiger partial charge in [0.2, 0.25) is 0 Å². The van der Waals surface area contributed by atoms with Crippen LogP contribution in [0.1, 0.15) is 39.0 Å². The van der Waals surface area contributed by atoms with Gasteiger partial charge in [0.25, 0.3) is 0 Å². The number of rotatable bonds is 5. The summed E-state index contributed by atoms with van der Waals surface area (Å²) in [6.07, 6.45) is 6.62. The molecule has 2 N–H and O–H groups in total. The predicted octanol–water partition coefficient (Wildman–Crippen LogP) is 1.93. The molecular formula is C10H20N2S. The molecule has 0 aromatic heterocycles. The van der Waals surface area contributed by atoms with Gasteiger partial charge in [0.1, 0.15) is 0 Å². The van der Waals surface area contributed by atoms with Crippen molar-refractivity contribution in [1.29, 1.82) is 0 Å². The molecule has 0 heterocycles. The van der Waals surface area contributed by atoms with E-state index in [1.807, 2.05) is 0 Å². The van der Waals surface area contributed by atoms with Gasteiger partial charge in [0.05, 0.1) is 4.99 Å². The third-order valence-corrected chi connectivity index (χ3v) is 2.84. The molecule has 0 unspecified atom stereocenters. The summed E-state index contributed by atoms with van der Waals surface area (Å²) in [6, 6.07) is 0.751. The molecule has 13 heavy (non-hydrogen) atoms. The topological polar surface area (TPSA) is 29.3 Å². The van der Waals surface area contributed by atoms with E-state index in [-0.39, 0.29) is 0 Å². The number of thiocarbonyl (C=S) groups is 1. The van der Waals surface area contributed by atoms with E-state index in [9.17, 15) is 0 Å². The highest BCUT2D eigenvalue weighted by Gasteiger charge is 2.21. The van der Waals surface area contributed by atoms with E-state index in [4.69, 9.17) is 18.0 Å². The number of hydrogen-bond acceptors (Lipinski definition) is 2. The summed E-state index contributed by atoms with van der Waals surface area (Å²) >= 11 is 4.96. The monoisotopic (exact) mass is 200 g/mol. The predicted molar refractivity (Wildman–Crippen MR) is 60.9 cm³/mol. The second kappa shape index (κ2) is 5.55. The van der Waals surface area contributed by atoms with Gasteiger partial charge in [-0.3, -0.25) is 4.90 Å². The zero-order valence-corrected chi connectivity index (χ0v) is 9.28. The molecule has 0 aromatic carbocycles. The van der Waals surface area contributed by atoms with Crippen molar-refractivity contribution in [2.75, 3.05) is 13.1 Å². The third kappa shape index (κ3) is 3.61. The molecule has 0 aromatic rings. The van der Waals surface area contributed by atoms with E-state index in [0.29, 0.717) is 4.99 Å². The Bertz CT molecular complexity index is 164. The first-order valence-electron chi connectivity index (χ1n) is 5.26. The Morgan fingerprint density at radius 3 is 2.54 bits per heavy atom. The van der Waals surface area contributed by atoms with Crippen LogP contribution in [0.4, 0.5) is 0 Å². The third-order valence-electron chi connectivity index (χ3n) is 2.71. The van der Waals surface area contributed by atoms with Crippen molar-refractivity contribution in [2.24, 2.45) is 5.73 Å². The number of nitrogens with two attached hydrogens (primary N) is 1. The summed E-state index contributed by atoms with van der Waals surface area (Å²) < 4.78 is 0. The van der Waals surface area contributed by atoms with Gasteiger partial charge in [0.15, 0.2) is 0 Å². The quantitative estimate of drug-likeness (QED) is 0.688. The first-order valence-corrected chi connectivity index (χ1v) is 5.67. The van der Waals surface area contributed by atoms with Crippen LogP contribution in [0.5, 0.6) is 0 Å². The molecule has 1 saturated carbocycles. The molecule has 1 aliphatic carbocycles.